The van der Waals surface area contributed by atoms with Crippen LogP contribution < -0.4 is 0 Å². The third-order valence-electron chi connectivity index (χ3n) is 2.50. The maximum absolute atomic E-state index is 12.9. The number of hydrogen-bond donors (Lipinski definition) is 1. The zero-order valence-electron chi connectivity index (χ0n) is 10.5. The highest BCUT2D eigenvalue weighted by atomic mass is 32.2. The van der Waals surface area contributed by atoms with Gasteiger partial charge in [0.05, 0.1) is 0 Å². The van der Waals surface area contributed by atoms with E-state index in [-0.39, 0.29) is 0 Å². The van der Waals surface area contributed by atoms with Crippen molar-refractivity contribution in [2.45, 2.75) is 41.3 Å². The van der Waals surface area contributed by atoms with Crippen molar-refractivity contribution >= 4 is 10.1 Å². The molecule has 0 aromatic carbocycles. The van der Waals surface area contributed by atoms with E-state index < -0.39 is 51.4 Å². The van der Waals surface area contributed by atoms with Gasteiger partial charge >= 0.3 is 45.2 Å². The molecule has 0 saturated heterocycles. The minimum Gasteiger partial charge on any atom is -0.281 e. The van der Waals surface area contributed by atoms with Gasteiger partial charge in [0.1, 0.15) is 0 Å². The van der Waals surface area contributed by atoms with Gasteiger partial charge in [-0.1, -0.05) is 0 Å². The molecule has 0 amide bonds. The van der Waals surface area contributed by atoms with Crippen molar-refractivity contribution < 1.29 is 74.4 Å². The summed E-state index contributed by atoms with van der Waals surface area (Å²) in [7, 11) is -7.66. The summed E-state index contributed by atoms with van der Waals surface area (Å²) in [4.78, 5) is 0. The zero-order valence-corrected chi connectivity index (χ0v) is 11.4. The summed E-state index contributed by atoms with van der Waals surface area (Å²) in [5.41, 5.74) is 0. The van der Waals surface area contributed by atoms with Gasteiger partial charge in [0.25, 0.3) is 6.17 Å². The third kappa shape index (κ3) is 3.21. The van der Waals surface area contributed by atoms with Crippen molar-refractivity contribution in [2.75, 3.05) is 0 Å². The summed E-state index contributed by atoms with van der Waals surface area (Å²) in [5, 5.41) is -7.56. The maximum Gasteiger partial charge on any atom is 0.438 e. The van der Waals surface area contributed by atoms with E-state index in [1.807, 2.05) is 0 Å². The lowest BCUT2D eigenvalue weighted by atomic mass is 9.95. The van der Waals surface area contributed by atoms with Crippen LogP contribution in [0.3, 0.4) is 0 Å². The lowest BCUT2D eigenvalue weighted by Gasteiger charge is -2.39. The minimum atomic E-state index is -8.28. The largest absolute Gasteiger partial charge is 0.438 e. The molecule has 3 nitrogen and oxygen atoms in total. The van der Waals surface area contributed by atoms with E-state index in [1.54, 1.807) is 0 Å². The van der Waals surface area contributed by atoms with Crippen LogP contribution in [0.25, 0.3) is 0 Å². The average Bonchev–Trinajstić information content (AvgIpc) is 2.34. The van der Waals surface area contributed by atoms with Crippen LogP contribution in [0.15, 0.2) is 0 Å². The van der Waals surface area contributed by atoms with Gasteiger partial charge in [0.2, 0.25) is 0 Å². The first-order valence-corrected chi connectivity index (χ1v) is 6.41. The smallest absolute Gasteiger partial charge is 0.281 e. The Labute approximate surface area is 127 Å². The fourth-order valence-corrected chi connectivity index (χ4v) is 1.57. The van der Waals surface area contributed by atoms with Gasteiger partial charge in [-0.15, -0.1) is 0 Å². The predicted octanol–water partition coefficient (Wildman–Crippen LogP) is 3.91. The molecule has 1 atom stereocenters. The van der Waals surface area contributed by atoms with Gasteiger partial charge < -0.3 is 0 Å². The van der Waals surface area contributed by atoms with E-state index in [1.165, 1.54) is 0 Å². The van der Waals surface area contributed by atoms with E-state index in [9.17, 15) is 69.9 Å². The lowest BCUT2D eigenvalue weighted by Crippen LogP contribution is -2.71. The molecule has 1 N–H and O–H groups in total. The second-order valence-corrected chi connectivity index (χ2v) is 5.71. The quantitative estimate of drug-likeness (QED) is 0.512. The third-order valence-corrected chi connectivity index (χ3v) is 3.41. The summed E-state index contributed by atoms with van der Waals surface area (Å²) in [5.74, 6) is -32.3. The first-order valence-electron chi connectivity index (χ1n) is 4.97. The number of rotatable bonds is 6. The predicted molar refractivity (Wildman–Crippen MR) is 47.2 cm³/mol. The molecule has 25 heavy (non-hydrogen) atoms. The van der Waals surface area contributed by atoms with Gasteiger partial charge in [-0.05, 0) is 0 Å². The topological polar surface area (TPSA) is 54.4 Å². The number of hydrogen-bond acceptors (Lipinski definition) is 2. The molecule has 0 aliphatic rings. The van der Waals surface area contributed by atoms with Crippen molar-refractivity contribution in [1.29, 1.82) is 0 Å². The molecule has 0 saturated carbocycles. The van der Waals surface area contributed by atoms with Crippen LogP contribution >= 0.6 is 0 Å². The van der Waals surface area contributed by atoms with E-state index in [0.717, 1.165) is 0 Å². The van der Waals surface area contributed by atoms with Gasteiger partial charge in [-0.25, -0.2) is 4.39 Å². The minimum absolute atomic E-state index is 6.23. The Morgan fingerprint density at radius 2 is 0.960 bits per heavy atom. The number of alkyl halides is 14. The van der Waals surface area contributed by atoms with Crippen LogP contribution in [0.5, 0.6) is 0 Å². The Balaban J connectivity index is 6.49. The summed E-state index contributed by atoms with van der Waals surface area (Å²) < 4.78 is 203. The number of halogens is 14. The lowest BCUT2D eigenvalue weighted by molar-refractivity contribution is -0.409. The Morgan fingerprint density at radius 1 is 0.640 bits per heavy atom. The van der Waals surface area contributed by atoms with Gasteiger partial charge in [0, 0.05) is 0 Å². The molecule has 18 heteroatoms. The first kappa shape index (κ1) is 23.9. The summed E-state index contributed by atoms with van der Waals surface area (Å²) in [6.45, 7) is 0. The molecule has 0 spiro atoms. The molecule has 0 radical (unpaired) electrons. The summed E-state index contributed by atoms with van der Waals surface area (Å²) >= 11 is 0. The summed E-state index contributed by atoms with van der Waals surface area (Å²) in [6.07, 6.45) is -13.2. The molecule has 152 valence electrons. The average molecular weight is 432 g/mol. The van der Waals surface area contributed by atoms with Crippen LogP contribution in [0, 0.1) is 0 Å². The Kier molecular flexibility index (Phi) is 5.47. The van der Waals surface area contributed by atoms with E-state index >= 15 is 0 Å². The molecule has 0 rings (SSSR count). The monoisotopic (exact) mass is 432 g/mol. The Bertz CT molecular complexity index is 604. The van der Waals surface area contributed by atoms with Crippen molar-refractivity contribution in [3.8, 4) is 0 Å². The highest BCUT2D eigenvalue weighted by Crippen LogP contribution is 2.59. The fraction of sp³-hybridized carbons (Fsp3) is 1.00. The fourth-order valence-electron chi connectivity index (χ4n) is 1.12. The van der Waals surface area contributed by atoms with Crippen molar-refractivity contribution in [3.63, 3.8) is 0 Å². The van der Waals surface area contributed by atoms with Crippen LogP contribution in [-0.2, 0) is 10.1 Å². The van der Waals surface area contributed by atoms with Gasteiger partial charge in [-0.3, -0.25) is 4.55 Å². The van der Waals surface area contributed by atoms with Crippen molar-refractivity contribution in [3.05, 3.63) is 0 Å². The molecule has 0 heterocycles. The molecular formula is C7H2F14O3S. The molecule has 0 aliphatic heterocycles. The highest BCUT2D eigenvalue weighted by Gasteiger charge is 2.91. The molecule has 0 bridgehead atoms. The molecular weight excluding hydrogens is 430 g/mol. The zero-order chi connectivity index (χ0) is 21.1. The molecule has 0 aliphatic carbocycles. The SMILES string of the molecule is O=S(=O)(O)C(F)(F)C(F)(F)C(F)(F)C(F)(F)C(F)(F)C(F)C(F)(F)F. The standard InChI is InChI=1S/C7H2F14O3S/c8-1(3(11,12)13)2(9,10)4(14,15)5(16,17)6(18,19)7(20,21)25(22,23)24/h1H,(H,22,23,24). The maximum atomic E-state index is 12.9. The highest BCUT2D eigenvalue weighted by molar-refractivity contribution is 7.87. The normalized spacial score (nSPS) is 17.6. The molecule has 0 aromatic heterocycles. The van der Waals surface area contributed by atoms with Crippen LogP contribution in [0.4, 0.5) is 61.5 Å². The van der Waals surface area contributed by atoms with Crippen LogP contribution in [-0.4, -0.2) is 54.3 Å². The van der Waals surface area contributed by atoms with Gasteiger partial charge in [-0.2, -0.15) is 65.5 Å². The van der Waals surface area contributed by atoms with E-state index in [4.69, 9.17) is 4.55 Å². The first-order chi connectivity index (χ1) is 10.4. The van der Waals surface area contributed by atoms with E-state index in [2.05, 4.69) is 0 Å². The summed E-state index contributed by atoms with van der Waals surface area (Å²) in [6, 6.07) is 0. The van der Waals surface area contributed by atoms with Crippen LogP contribution in [0.2, 0.25) is 0 Å². The van der Waals surface area contributed by atoms with Gasteiger partial charge in [0.15, 0.2) is 0 Å². The molecule has 1 unspecified atom stereocenters. The second-order valence-electron chi connectivity index (χ2n) is 4.24. The Morgan fingerprint density at radius 3 is 1.20 bits per heavy atom. The molecule has 0 fully saturated rings. The second kappa shape index (κ2) is 5.71. The van der Waals surface area contributed by atoms with Crippen molar-refractivity contribution in [2.24, 2.45) is 0 Å². The van der Waals surface area contributed by atoms with E-state index in [0.29, 0.717) is 0 Å². The molecule has 0 aromatic rings. The Hall–Kier alpha value is -1.07. The van der Waals surface area contributed by atoms with Crippen molar-refractivity contribution in [1.82, 2.24) is 0 Å². The van der Waals surface area contributed by atoms with Crippen LogP contribution in [0.1, 0.15) is 0 Å².